The van der Waals surface area contributed by atoms with E-state index >= 15 is 0 Å². The minimum absolute atomic E-state index is 0.0368. The molecule has 0 radical (unpaired) electrons. The molecule has 1 aliphatic heterocycles. The summed E-state index contributed by atoms with van der Waals surface area (Å²) in [7, 11) is -3.37. The molecule has 0 aromatic carbocycles. The molecule has 8 heteroatoms. The third-order valence-electron chi connectivity index (χ3n) is 2.99. The van der Waals surface area contributed by atoms with Crippen molar-refractivity contribution in [1.82, 2.24) is 9.21 Å². The summed E-state index contributed by atoms with van der Waals surface area (Å²) in [5, 5.41) is 8.83. The highest BCUT2D eigenvalue weighted by molar-refractivity contribution is 7.88. The molecule has 0 aromatic rings. The van der Waals surface area contributed by atoms with Crippen molar-refractivity contribution in [1.29, 1.82) is 0 Å². The van der Waals surface area contributed by atoms with Crippen LogP contribution < -0.4 is 0 Å². The van der Waals surface area contributed by atoms with E-state index in [4.69, 9.17) is 5.11 Å². The number of carbonyl (C=O) groups excluding carboxylic acids is 1. The summed E-state index contributed by atoms with van der Waals surface area (Å²) in [6.45, 7) is 3.32. The number of carboxylic acid groups (broad SMARTS) is 1. The van der Waals surface area contributed by atoms with Crippen LogP contribution in [0.5, 0.6) is 0 Å². The van der Waals surface area contributed by atoms with Gasteiger partial charge >= 0.3 is 5.97 Å². The molecule has 7 nitrogen and oxygen atoms in total. The van der Waals surface area contributed by atoms with E-state index in [0.717, 1.165) is 6.26 Å². The molecule has 0 aromatic heterocycles. The molecule has 0 bridgehead atoms. The first-order chi connectivity index (χ1) is 8.12. The maximum atomic E-state index is 11.5. The summed E-state index contributed by atoms with van der Waals surface area (Å²) in [5.74, 6) is -1.28. The van der Waals surface area contributed by atoms with Gasteiger partial charge in [-0.05, 0) is 6.92 Å². The number of carbonyl (C=O) groups is 2. The lowest BCUT2D eigenvalue weighted by Crippen LogP contribution is -2.60. The Morgan fingerprint density at radius 1 is 1.33 bits per heavy atom. The fourth-order valence-electron chi connectivity index (χ4n) is 2.34. The van der Waals surface area contributed by atoms with E-state index in [1.807, 2.05) is 0 Å². The number of hydrogen-bond acceptors (Lipinski definition) is 4. The molecule has 1 rings (SSSR count). The zero-order chi connectivity index (χ0) is 14.1. The Balaban J connectivity index is 2.98. The zero-order valence-corrected chi connectivity index (χ0v) is 11.5. The predicted octanol–water partition coefficient (Wildman–Crippen LogP) is -0.658. The van der Waals surface area contributed by atoms with Crippen LogP contribution in [0.25, 0.3) is 0 Å². The number of sulfonamides is 1. The molecular formula is C10H18N2O5S. The summed E-state index contributed by atoms with van der Waals surface area (Å²) in [6.07, 6.45) is 0.830. The van der Waals surface area contributed by atoms with Crippen LogP contribution in [0.1, 0.15) is 20.3 Å². The molecule has 1 aliphatic rings. The van der Waals surface area contributed by atoms with Crippen molar-refractivity contribution in [3.8, 4) is 0 Å². The number of nitrogens with zero attached hydrogens (tertiary/aromatic N) is 2. The largest absolute Gasteiger partial charge is 0.481 e. The predicted molar refractivity (Wildman–Crippen MR) is 64.4 cm³/mol. The van der Waals surface area contributed by atoms with Crippen molar-refractivity contribution in [3.05, 3.63) is 0 Å². The SMILES string of the molecule is CC(=O)N1[C@H](CC(=O)O)CN(S(C)(=O)=O)C[C@@H]1C. The van der Waals surface area contributed by atoms with Crippen molar-refractivity contribution in [2.75, 3.05) is 19.3 Å². The summed E-state index contributed by atoms with van der Waals surface area (Å²) < 4.78 is 24.3. The fourth-order valence-corrected chi connectivity index (χ4v) is 3.27. The van der Waals surface area contributed by atoms with Gasteiger partial charge in [-0.1, -0.05) is 0 Å². The smallest absolute Gasteiger partial charge is 0.305 e. The van der Waals surface area contributed by atoms with Gasteiger partial charge in [0, 0.05) is 26.1 Å². The molecule has 1 N–H and O–H groups in total. The second-order valence-electron chi connectivity index (χ2n) is 4.61. The number of carboxylic acids is 1. The first-order valence-corrected chi connectivity index (χ1v) is 7.43. The number of rotatable bonds is 3. The molecule has 1 fully saturated rings. The Labute approximate surface area is 106 Å². The van der Waals surface area contributed by atoms with Gasteiger partial charge in [0.05, 0.1) is 18.7 Å². The summed E-state index contributed by atoms with van der Waals surface area (Å²) in [5.41, 5.74) is 0. The quantitative estimate of drug-likeness (QED) is 0.739. The standard InChI is InChI=1S/C10H18N2O5S/c1-7-5-11(18(3,16)17)6-9(4-10(14)15)12(7)8(2)13/h7,9H,4-6H2,1-3H3,(H,14,15)/t7-,9+/m0/s1. The molecule has 0 unspecified atom stereocenters. The molecule has 1 amide bonds. The van der Waals surface area contributed by atoms with E-state index in [1.54, 1.807) is 6.92 Å². The van der Waals surface area contributed by atoms with Gasteiger partial charge in [0.1, 0.15) is 0 Å². The average molecular weight is 278 g/mol. The monoisotopic (exact) mass is 278 g/mol. The van der Waals surface area contributed by atoms with Gasteiger partial charge in [-0.25, -0.2) is 8.42 Å². The lowest BCUT2D eigenvalue weighted by atomic mass is 10.1. The van der Waals surface area contributed by atoms with Crippen LogP contribution >= 0.6 is 0 Å². The van der Waals surface area contributed by atoms with Crippen molar-refractivity contribution in [2.24, 2.45) is 0 Å². The number of piperazine rings is 1. The molecule has 0 saturated carbocycles. The second-order valence-corrected chi connectivity index (χ2v) is 6.59. The van der Waals surface area contributed by atoms with Gasteiger partial charge in [-0.3, -0.25) is 9.59 Å². The lowest BCUT2D eigenvalue weighted by molar-refractivity contribution is -0.143. The maximum Gasteiger partial charge on any atom is 0.305 e. The Hall–Kier alpha value is -1.15. The summed E-state index contributed by atoms with van der Waals surface area (Å²) in [4.78, 5) is 23.8. The maximum absolute atomic E-state index is 11.5. The highest BCUT2D eigenvalue weighted by Gasteiger charge is 2.37. The van der Waals surface area contributed by atoms with Crippen LogP contribution in [0.15, 0.2) is 0 Å². The average Bonchev–Trinajstić information content (AvgIpc) is 2.13. The van der Waals surface area contributed by atoms with E-state index in [1.165, 1.54) is 16.1 Å². The Kier molecular flexibility index (Phi) is 4.33. The normalized spacial score (nSPS) is 26.1. The fraction of sp³-hybridized carbons (Fsp3) is 0.800. The first kappa shape index (κ1) is 14.9. The minimum Gasteiger partial charge on any atom is -0.481 e. The van der Waals surface area contributed by atoms with Crippen LogP contribution in [0, 0.1) is 0 Å². The first-order valence-electron chi connectivity index (χ1n) is 5.58. The molecule has 1 heterocycles. The van der Waals surface area contributed by atoms with Gasteiger partial charge in [0.25, 0.3) is 0 Å². The molecule has 104 valence electrons. The van der Waals surface area contributed by atoms with Gasteiger partial charge in [0.2, 0.25) is 15.9 Å². The number of aliphatic carboxylic acids is 1. The number of hydrogen-bond donors (Lipinski definition) is 1. The molecule has 2 atom stereocenters. The van der Waals surface area contributed by atoms with Crippen LogP contribution in [0.2, 0.25) is 0 Å². The molecule has 0 aliphatic carbocycles. The van der Waals surface area contributed by atoms with Crippen molar-refractivity contribution in [2.45, 2.75) is 32.4 Å². The number of amides is 1. The highest BCUT2D eigenvalue weighted by Crippen LogP contribution is 2.20. The van der Waals surface area contributed by atoms with Gasteiger partial charge in [-0.15, -0.1) is 0 Å². The van der Waals surface area contributed by atoms with Gasteiger partial charge in [0.15, 0.2) is 0 Å². The third kappa shape index (κ3) is 3.42. The van der Waals surface area contributed by atoms with Crippen LogP contribution in [0.3, 0.4) is 0 Å². The highest BCUT2D eigenvalue weighted by atomic mass is 32.2. The van der Waals surface area contributed by atoms with Crippen LogP contribution in [-0.4, -0.2) is 66.0 Å². The summed E-state index contributed by atoms with van der Waals surface area (Å²) in [6, 6.07) is -0.936. The Morgan fingerprint density at radius 3 is 2.28 bits per heavy atom. The molecular weight excluding hydrogens is 260 g/mol. The second kappa shape index (κ2) is 5.23. The summed E-state index contributed by atoms with van der Waals surface area (Å²) >= 11 is 0. The van der Waals surface area contributed by atoms with Crippen molar-refractivity contribution < 1.29 is 23.1 Å². The topological polar surface area (TPSA) is 95.0 Å². The minimum atomic E-state index is -3.37. The van der Waals surface area contributed by atoms with E-state index in [0.29, 0.717) is 0 Å². The molecule has 0 spiro atoms. The van der Waals surface area contributed by atoms with Crippen LogP contribution in [0.4, 0.5) is 0 Å². The van der Waals surface area contributed by atoms with E-state index in [2.05, 4.69) is 0 Å². The van der Waals surface area contributed by atoms with E-state index in [9.17, 15) is 18.0 Å². The van der Waals surface area contributed by atoms with Gasteiger partial charge < -0.3 is 10.0 Å². The zero-order valence-electron chi connectivity index (χ0n) is 10.7. The molecule has 18 heavy (non-hydrogen) atoms. The van der Waals surface area contributed by atoms with E-state index < -0.39 is 22.0 Å². The third-order valence-corrected chi connectivity index (χ3v) is 4.23. The van der Waals surface area contributed by atoms with E-state index in [-0.39, 0.29) is 31.5 Å². The molecule has 1 saturated heterocycles. The van der Waals surface area contributed by atoms with Crippen molar-refractivity contribution >= 4 is 21.9 Å². The van der Waals surface area contributed by atoms with Crippen molar-refractivity contribution in [3.63, 3.8) is 0 Å². The lowest BCUT2D eigenvalue weighted by Gasteiger charge is -2.43. The van der Waals surface area contributed by atoms with Gasteiger partial charge in [-0.2, -0.15) is 4.31 Å². The Bertz CT molecular complexity index is 447. The van der Waals surface area contributed by atoms with Crippen LogP contribution in [-0.2, 0) is 19.6 Å². The Morgan fingerprint density at radius 2 is 1.89 bits per heavy atom.